The predicted octanol–water partition coefficient (Wildman–Crippen LogP) is 11.7. The summed E-state index contributed by atoms with van der Waals surface area (Å²) in [6, 6.07) is 0. The molecule has 5 unspecified atom stereocenters. The first-order chi connectivity index (χ1) is 29.9. The van der Waals surface area contributed by atoms with E-state index in [1.165, 1.54) is 20.8 Å². The Balaban J connectivity index is 0.000000697. The third-order valence-corrected chi connectivity index (χ3v) is 12.5. The van der Waals surface area contributed by atoms with Gasteiger partial charge in [0.05, 0.1) is 11.7 Å². The van der Waals surface area contributed by atoms with Gasteiger partial charge in [-0.1, -0.05) is 13.8 Å². The molecule has 0 amide bonds. The van der Waals surface area contributed by atoms with E-state index >= 15 is 0 Å². The van der Waals surface area contributed by atoms with Gasteiger partial charge < -0.3 is 29.9 Å². The zero-order chi connectivity index (χ0) is 55.6. The lowest BCUT2D eigenvalue weighted by atomic mass is 9.65. The maximum absolute atomic E-state index is 13.3. The third-order valence-electron chi connectivity index (χ3n) is 12.5. The average Bonchev–Trinajstić information content (AvgIpc) is 3.11. The molecular weight excluding hydrogens is 1050 g/mol. The molecule has 0 aromatic carbocycles. The Bertz CT molecular complexity index is 1570. The van der Waals surface area contributed by atoms with E-state index in [-0.39, 0.29) is 13.3 Å². The molecule has 2 aliphatic rings. The van der Waals surface area contributed by atoms with Crippen LogP contribution in [0.2, 0.25) is 0 Å². The summed E-state index contributed by atoms with van der Waals surface area (Å²) in [6.07, 6.45) is -75.5. The van der Waals surface area contributed by atoms with Crippen LogP contribution in [-0.2, 0) is 14.3 Å². The standard InChI is InChI=1S/C18H19F15O4.C17H22F12O3/c1-3-11(2,14(19,20)21)10(34)37-9-5-7(12(35,15(22,23)24)16(25,26)27)4-8(6-9)13(36,17(28,29)30)18(31,32)33;1-4-11(2,3)32-10-6-8(12(30,14(18,19)20)15(21,22)23)5-9(7-10)13(31,16(24,25)26)17(27,28)29/h7-9,35-36H,3-6H2,1-2H3;8-10,30-31H,4-7H2,1-3H3. The van der Waals surface area contributed by atoms with Crippen LogP contribution in [0.25, 0.3) is 0 Å². The molecule has 0 saturated heterocycles. The van der Waals surface area contributed by atoms with E-state index in [4.69, 9.17) is 4.74 Å². The Morgan fingerprint density at radius 2 is 0.594 bits per heavy atom. The maximum Gasteiger partial charge on any atom is 0.426 e. The van der Waals surface area contributed by atoms with Gasteiger partial charge in [-0.05, 0) is 72.1 Å². The first-order valence-electron chi connectivity index (χ1n) is 19.3. The predicted molar refractivity (Wildman–Crippen MR) is 173 cm³/mol. The number of halogens is 27. The van der Waals surface area contributed by atoms with Crippen molar-refractivity contribution in [2.24, 2.45) is 29.1 Å². The second-order valence-electron chi connectivity index (χ2n) is 17.3. The molecule has 0 spiro atoms. The maximum atomic E-state index is 13.3. The minimum Gasteiger partial charge on any atom is -0.462 e. The first kappa shape index (κ1) is 64.4. The highest BCUT2D eigenvalue weighted by molar-refractivity contribution is 5.77. The van der Waals surface area contributed by atoms with E-state index in [0.29, 0.717) is 0 Å². The van der Waals surface area contributed by atoms with Gasteiger partial charge in [0.2, 0.25) is 0 Å². The number of hydrogen-bond donors (Lipinski definition) is 4. The number of rotatable bonds is 10. The number of carbonyl (C=O) groups is 1. The minimum atomic E-state index is -6.77. The molecule has 0 aromatic heterocycles. The van der Waals surface area contributed by atoms with Crippen LogP contribution in [0.1, 0.15) is 86.0 Å². The van der Waals surface area contributed by atoms with E-state index in [9.17, 15) is 144 Å². The van der Waals surface area contributed by atoms with E-state index in [2.05, 4.69) is 4.74 Å². The molecular formula is C35H41F27O7. The Labute approximate surface area is 370 Å². The fourth-order valence-corrected chi connectivity index (χ4v) is 7.86. The summed E-state index contributed by atoms with van der Waals surface area (Å²) in [5, 5.41) is 38.4. The van der Waals surface area contributed by atoms with Crippen molar-refractivity contribution in [2.45, 2.75) is 182 Å². The van der Waals surface area contributed by atoms with Crippen LogP contribution < -0.4 is 0 Å². The van der Waals surface area contributed by atoms with E-state index in [1.807, 2.05) is 0 Å². The summed E-state index contributed by atoms with van der Waals surface area (Å²) in [6.45, 7) is 4.88. The van der Waals surface area contributed by atoms with Gasteiger partial charge in [-0.3, -0.25) is 4.79 Å². The topological polar surface area (TPSA) is 116 Å². The Morgan fingerprint density at radius 1 is 0.377 bits per heavy atom. The molecule has 69 heavy (non-hydrogen) atoms. The molecule has 34 heteroatoms. The highest BCUT2D eigenvalue weighted by Crippen LogP contribution is 2.60. The van der Waals surface area contributed by atoms with Crippen molar-refractivity contribution in [3.05, 3.63) is 0 Å². The molecule has 0 bridgehead atoms. The van der Waals surface area contributed by atoms with E-state index < -0.39 is 176 Å². The average molecular weight is 1090 g/mol. The highest BCUT2D eigenvalue weighted by Gasteiger charge is 2.80. The summed E-state index contributed by atoms with van der Waals surface area (Å²) in [5.74, 6) is -16.2. The summed E-state index contributed by atoms with van der Waals surface area (Å²) >= 11 is 0. The summed E-state index contributed by atoms with van der Waals surface area (Å²) in [5.41, 5.74) is -28.1. The lowest BCUT2D eigenvalue weighted by Gasteiger charge is -2.49. The van der Waals surface area contributed by atoms with E-state index in [0.717, 1.165) is 6.92 Å². The Morgan fingerprint density at radius 3 is 0.768 bits per heavy atom. The van der Waals surface area contributed by atoms with Crippen molar-refractivity contribution >= 4 is 5.97 Å². The SMILES string of the molecule is CCC(C)(C(=O)OC1CC(C(O)(C(F)(F)F)C(F)(F)F)CC(C(O)(C(F)(F)F)C(F)(F)F)C1)C(F)(F)F.CCC(C)(C)OC1CC(C(O)(C(F)(F)F)C(F)(F)F)CC(C(O)(C(F)(F)F)C(F)(F)F)C1. The monoisotopic (exact) mass is 1090 g/mol. The second kappa shape index (κ2) is 19.3. The summed E-state index contributed by atoms with van der Waals surface area (Å²) in [4.78, 5) is 12.2. The number of alkyl halides is 27. The van der Waals surface area contributed by atoms with Crippen molar-refractivity contribution in [3.8, 4) is 0 Å². The molecule has 0 aromatic rings. The molecule has 2 saturated carbocycles. The number of aliphatic hydroxyl groups is 4. The van der Waals surface area contributed by atoms with E-state index in [1.54, 1.807) is 0 Å². The zero-order valence-electron chi connectivity index (χ0n) is 35.3. The van der Waals surface area contributed by atoms with Gasteiger partial charge in [-0.25, -0.2) is 0 Å². The molecule has 2 fully saturated rings. The van der Waals surface area contributed by atoms with Gasteiger partial charge in [0, 0.05) is 23.7 Å². The fraction of sp³-hybridized carbons (Fsp3) is 0.971. The van der Waals surface area contributed by atoms with Crippen molar-refractivity contribution in [1.29, 1.82) is 0 Å². The number of ether oxygens (including phenoxy) is 2. The molecule has 5 atom stereocenters. The molecule has 2 aliphatic carbocycles. The lowest BCUT2D eigenvalue weighted by molar-refractivity contribution is -0.407. The molecule has 2 rings (SSSR count). The molecule has 0 radical (unpaired) electrons. The van der Waals surface area contributed by atoms with Crippen molar-refractivity contribution in [1.82, 2.24) is 0 Å². The first-order valence-corrected chi connectivity index (χ1v) is 19.3. The third kappa shape index (κ3) is 12.1. The number of hydrogen-bond acceptors (Lipinski definition) is 7. The van der Waals surface area contributed by atoms with Crippen LogP contribution in [0.4, 0.5) is 119 Å². The number of esters is 1. The van der Waals surface area contributed by atoms with Gasteiger partial charge >= 0.3 is 61.6 Å². The van der Waals surface area contributed by atoms with Crippen LogP contribution in [0.3, 0.4) is 0 Å². The fourth-order valence-electron chi connectivity index (χ4n) is 7.86. The Kier molecular flexibility index (Phi) is 18.0. The summed E-state index contributed by atoms with van der Waals surface area (Å²) in [7, 11) is 0. The normalized spacial score (nSPS) is 25.1. The number of carbonyl (C=O) groups excluding carboxylic acids is 1. The molecule has 0 heterocycles. The van der Waals surface area contributed by atoms with Gasteiger partial charge in [0.15, 0.2) is 5.41 Å². The van der Waals surface area contributed by atoms with Crippen LogP contribution in [0.15, 0.2) is 0 Å². The molecule has 4 N–H and O–H groups in total. The van der Waals surface area contributed by atoms with Crippen LogP contribution in [-0.4, -0.2) is 122 Å². The summed E-state index contributed by atoms with van der Waals surface area (Å²) < 4.78 is 369. The van der Waals surface area contributed by atoms with Gasteiger partial charge in [0.1, 0.15) is 6.10 Å². The second-order valence-corrected chi connectivity index (χ2v) is 17.3. The zero-order valence-corrected chi connectivity index (χ0v) is 35.3. The van der Waals surface area contributed by atoms with Crippen LogP contribution in [0.5, 0.6) is 0 Å². The highest BCUT2D eigenvalue weighted by atomic mass is 19.5. The van der Waals surface area contributed by atoms with Gasteiger partial charge in [0.25, 0.3) is 22.4 Å². The molecule has 412 valence electrons. The van der Waals surface area contributed by atoms with Crippen molar-refractivity contribution in [3.63, 3.8) is 0 Å². The van der Waals surface area contributed by atoms with Crippen molar-refractivity contribution < 1.29 is 153 Å². The lowest BCUT2D eigenvalue weighted by Crippen LogP contribution is -2.67. The van der Waals surface area contributed by atoms with Crippen LogP contribution in [0, 0.1) is 29.1 Å². The largest absolute Gasteiger partial charge is 0.462 e. The minimum absolute atomic E-state index is 0.0461. The van der Waals surface area contributed by atoms with Crippen molar-refractivity contribution in [2.75, 3.05) is 0 Å². The molecule has 7 nitrogen and oxygen atoms in total. The van der Waals surface area contributed by atoms with Gasteiger partial charge in [-0.15, -0.1) is 0 Å². The molecule has 0 aliphatic heterocycles. The quantitative estimate of drug-likeness (QED) is 0.127. The van der Waals surface area contributed by atoms with Crippen LogP contribution >= 0.6 is 0 Å². The Hall–Kier alpha value is -2.62. The smallest absolute Gasteiger partial charge is 0.426 e. The van der Waals surface area contributed by atoms with Gasteiger partial charge in [-0.2, -0.15) is 119 Å².